The Bertz CT molecular complexity index is 352. The highest BCUT2D eigenvalue weighted by molar-refractivity contribution is 7.80. The van der Waals surface area contributed by atoms with Crippen molar-refractivity contribution in [3.63, 3.8) is 0 Å². The Hall–Kier alpha value is -1.29. The first kappa shape index (κ1) is 11.8. The summed E-state index contributed by atoms with van der Waals surface area (Å²) in [6.07, 6.45) is 0.583. The van der Waals surface area contributed by atoms with Crippen molar-refractivity contribution in [2.75, 3.05) is 13.7 Å². The van der Waals surface area contributed by atoms with Gasteiger partial charge in [-0.3, -0.25) is 0 Å². The molecule has 15 heavy (non-hydrogen) atoms. The number of nitrogens with two attached hydrogens (primary N) is 1. The predicted molar refractivity (Wildman–Crippen MR) is 64.7 cm³/mol. The van der Waals surface area contributed by atoms with Gasteiger partial charge in [0.25, 0.3) is 0 Å². The average molecular weight is 225 g/mol. The van der Waals surface area contributed by atoms with Crippen LogP contribution in [0.1, 0.15) is 12.5 Å². The van der Waals surface area contributed by atoms with Crippen molar-refractivity contribution in [1.29, 1.82) is 0 Å². The maximum Gasteiger partial charge on any atom is 0.161 e. The van der Waals surface area contributed by atoms with Crippen LogP contribution in [0.3, 0.4) is 0 Å². The van der Waals surface area contributed by atoms with Crippen molar-refractivity contribution in [2.24, 2.45) is 5.73 Å². The number of hydrogen-bond acceptors (Lipinski definition) is 3. The highest BCUT2D eigenvalue weighted by atomic mass is 32.1. The summed E-state index contributed by atoms with van der Waals surface area (Å²) in [6.45, 7) is 2.53. The van der Waals surface area contributed by atoms with Crippen LogP contribution in [0.5, 0.6) is 11.5 Å². The standard InChI is InChI=1S/C11H15NO2S/c1-3-14-10-6-8(7-11(12)15)4-5-9(10)13-2/h4-6H,3,7H2,1-2H3,(H2,12,15). The zero-order chi connectivity index (χ0) is 11.3. The van der Waals surface area contributed by atoms with E-state index < -0.39 is 0 Å². The van der Waals surface area contributed by atoms with Crippen LogP contribution in [0, 0.1) is 0 Å². The SMILES string of the molecule is CCOc1cc(CC(N)=S)ccc1OC. The van der Waals surface area contributed by atoms with Gasteiger partial charge in [-0.25, -0.2) is 0 Å². The zero-order valence-electron chi connectivity index (χ0n) is 8.95. The van der Waals surface area contributed by atoms with E-state index in [9.17, 15) is 0 Å². The van der Waals surface area contributed by atoms with Gasteiger partial charge in [0.15, 0.2) is 11.5 Å². The summed E-state index contributed by atoms with van der Waals surface area (Å²) in [7, 11) is 1.62. The molecule has 0 amide bonds. The smallest absolute Gasteiger partial charge is 0.161 e. The molecule has 0 radical (unpaired) electrons. The first-order chi connectivity index (χ1) is 7.17. The second kappa shape index (κ2) is 5.56. The van der Waals surface area contributed by atoms with Crippen molar-refractivity contribution < 1.29 is 9.47 Å². The van der Waals surface area contributed by atoms with Gasteiger partial charge < -0.3 is 15.2 Å². The van der Waals surface area contributed by atoms with Crippen LogP contribution < -0.4 is 15.2 Å². The maximum atomic E-state index is 5.48. The molecule has 1 aromatic carbocycles. The van der Waals surface area contributed by atoms with Gasteiger partial charge in [0.2, 0.25) is 0 Å². The van der Waals surface area contributed by atoms with Gasteiger partial charge in [0.1, 0.15) is 0 Å². The highest BCUT2D eigenvalue weighted by Gasteiger charge is 2.05. The Morgan fingerprint density at radius 3 is 2.67 bits per heavy atom. The van der Waals surface area contributed by atoms with Gasteiger partial charge in [0.05, 0.1) is 18.7 Å². The minimum Gasteiger partial charge on any atom is -0.493 e. The molecule has 82 valence electrons. The fraction of sp³-hybridized carbons (Fsp3) is 0.364. The van der Waals surface area contributed by atoms with E-state index in [2.05, 4.69) is 0 Å². The zero-order valence-corrected chi connectivity index (χ0v) is 9.76. The van der Waals surface area contributed by atoms with E-state index in [-0.39, 0.29) is 0 Å². The Labute approximate surface area is 95.2 Å². The normalized spacial score (nSPS) is 9.73. The summed E-state index contributed by atoms with van der Waals surface area (Å²) in [5.74, 6) is 1.46. The molecule has 0 aromatic heterocycles. The lowest BCUT2D eigenvalue weighted by molar-refractivity contribution is 0.310. The molecule has 0 bridgehead atoms. The number of methoxy groups -OCH3 is 1. The number of rotatable bonds is 5. The highest BCUT2D eigenvalue weighted by Crippen LogP contribution is 2.28. The van der Waals surface area contributed by atoms with E-state index >= 15 is 0 Å². The van der Waals surface area contributed by atoms with E-state index in [4.69, 9.17) is 27.4 Å². The Morgan fingerprint density at radius 2 is 2.13 bits per heavy atom. The fourth-order valence-corrected chi connectivity index (χ4v) is 1.47. The van der Waals surface area contributed by atoms with Crippen molar-refractivity contribution in [1.82, 2.24) is 0 Å². The molecule has 1 aromatic rings. The molecule has 0 aliphatic rings. The molecular formula is C11H15NO2S. The monoisotopic (exact) mass is 225 g/mol. The Morgan fingerprint density at radius 1 is 1.40 bits per heavy atom. The lowest BCUT2D eigenvalue weighted by Crippen LogP contribution is -2.11. The second-order valence-electron chi connectivity index (χ2n) is 3.06. The van der Waals surface area contributed by atoms with Crippen molar-refractivity contribution in [3.8, 4) is 11.5 Å². The number of hydrogen-bond donors (Lipinski definition) is 1. The van der Waals surface area contributed by atoms with Gasteiger partial charge in [0, 0.05) is 6.42 Å². The van der Waals surface area contributed by atoms with Crippen LogP contribution in [0.2, 0.25) is 0 Å². The van der Waals surface area contributed by atoms with Gasteiger partial charge in [-0.1, -0.05) is 18.3 Å². The van der Waals surface area contributed by atoms with Crippen molar-refractivity contribution >= 4 is 17.2 Å². The quantitative estimate of drug-likeness (QED) is 0.778. The minimum atomic E-state index is 0.475. The van der Waals surface area contributed by atoms with Gasteiger partial charge >= 0.3 is 0 Å². The molecule has 0 heterocycles. The van der Waals surface area contributed by atoms with Gasteiger partial charge in [-0.2, -0.15) is 0 Å². The summed E-state index contributed by atoms with van der Waals surface area (Å²) in [6, 6.07) is 5.70. The topological polar surface area (TPSA) is 44.5 Å². The maximum absolute atomic E-state index is 5.48. The van der Waals surface area contributed by atoms with Crippen LogP contribution in [0.25, 0.3) is 0 Å². The van der Waals surface area contributed by atoms with E-state index in [1.807, 2.05) is 25.1 Å². The van der Waals surface area contributed by atoms with Crippen LogP contribution in [0.4, 0.5) is 0 Å². The van der Waals surface area contributed by atoms with Gasteiger partial charge in [-0.05, 0) is 24.6 Å². The molecule has 0 saturated heterocycles. The minimum absolute atomic E-state index is 0.475. The van der Waals surface area contributed by atoms with Crippen molar-refractivity contribution in [3.05, 3.63) is 23.8 Å². The largest absolute Gasteiger partial charge is 0.493 e. The first-order valence-corrected chi connectivity index (χ1v) is 5.16. The molecule has 4 heteroatoms. The third-order valence-corrected chi connectivity index (χ3v) is 2.05. The fourth-order valence-electron chi connectivity index (χ4n) is 1.30. The number of thiocarbonyl (C=S) groups is 1. The second-order valence-corrected chi connectivity index (χ2v) is 3.59. The van der Waals surface area contributed by atoms with Crippen LogP contribution in [-0.2, 0) is 6.42 Å². The summed E-state index contributed by atoms with van der Waals surface area (Å²) >= 11 is 4.85. The molecule has 0 unspecified atom stereocenters. The molecule has 0 atom stereocenters. The van der Waals surface area contributed by atoms with E-state index in [0.717, 1.165) is 17.1 Å². The molecule has 0 fully saturated rings. The van der Waals surface area contributed by atoms with Crippen molar-refractivity contribution in [2.45, 2.75) is 13.3 Å². The number of ether oxygens (including phenoxy) is 2. The first-order valence-electron chi connectivity index (χ1n) is 4.75. The summed E-state index contributed by atoms with van der Waals surface area (Å²) < 4.78 is 10.6. The molecule has 1 rings (SSSR count). The third kappa shape index (κ3) is 3.40. The molecule has 0 saturated carbocycles. The van der Waals surface area contributed by atoms with E-state index in [0.29, 0.717) is 18.0 Å². The molecule has 0 aliphatic carbocycles. The summed E-state index contributed by atoms with van der Waals surface area (Å²) in [5.41, 5.74) is 6.51. The molecule has 2 N–H and O–H groups in total. The molecule has 0 aliphatic heterocycles. The average Bonchev–Trinajstić information content (AvgIpc) is 2.18. The Balaban J connectivity index is 2.93. The lowest BCUT2D eigenvalue weighted by Gasteiger charge is -2.10. The van der Waals surface area contributed by atoms with E-state index in [1.165, 1.54) is 0 Å². The van der Waals surface area contributed by atoms with Crippen LogP contribution >= 0.6 is 12.2 Å². The summed E-state index contributed by atoms with van der Waals surface area (Å²) in [4.78, 5) is 0.475. The van der Waals surface area contributed by atoms with Crippen LogP contribution in [-0.4, -0.2) is 18.7 Å². The Kier molecular flexibility index (Phi) is 4.37. The van der Waals surface area contributed by atoms with Crippen LogP contribution in [0.15, 0.2) is 18.2 Å². The predicted octanol–water partition coefficient (Wildman–Crippen LogP) is 1.92. The van der Waals surface area contributed by atoms with Gasteiger partial charge in [-0.15, -0.1) is 0 Å². The number of benzene rings is 1. The molecule has 3 nitrogen and oxygen atoms in total. The molecular weight excluding hydrogens is 210 g/mol. The molecule has 0 spiro atoms. The third-order valence-electron chi connectivity index (χ3n) is 1.91. The summed E-state index contributed by atoms with van der Waals surface area (Å²) in [5, 5.41) is 0. The van der Waals surface area contributed by atoms with E-state index in [1.54, 1.807) is 7.11 Å². The lowest BCUT2D eigenvalue weighted by atomic mass is 10.1.